The average molecular weight is 432 g/mol. The summed E-state index contributed by atoms with van der Waals surface area (Å²) < 4.78 is 18.4. The van der Waals surface area contributed by atoms with Gasteiger partial charge in [0.05, 0.1) is 10.2 Å². The lowest BCUT2D eigenvalue weighted by atomic mass is 10.2. The van der Waals surface area contributed by atoms with Gasteiger partial charge < -0.3 is 10.2 Å². The number of benzene rings is 1. The Labute approximate surface area is 155 Å². The third-order valence-corrected chi connectivity index (χ3v) is 4.21. The van der Waals surface area contributed by atoms with E-state index in [4.69, 9.17) is 9.47 Å². The Balaban J connectivity index is 2.39. The Morgan fingerprint density at radius 1 is 1.56 bits per heavy atom. The zero-order valence-corrected chi connectivity index (χ0v) is 15.8. The zero-order valence-electron chi connectivity index (χ0n) is 13.4. The Kier molecular flexibility index (Phi) is 7.19. The molecule has 0 radical (unpaired) electrons. The third kappa shape index (κ3) is 4.69. The average Bonchev–Trinajstić information content (AvgIpc) is 3.06. The second kappa shape index (κ2) is 9.37. The van der Waals surface area contributed by atoms with Crippen LogP contribution in [0.3, 0.4) is 0 Å². The van der Waals surface area contributed by atoms with Crippen LogP contribution in [0.5, 0.6) is 0 Å². The van der Waals surface area contributed by atoms with E-state index < -0.39 is 5.82 Å². The van der Waals surface area contributed by atoms with Gasteiger partial charge in [-0.2, -0.15) is 11.8 Å². The van der Waals surface area contributed by atoms with Crippen LogP contribution in [0.1, 0.15) is 5.69 Å². The normalized spacial score (nSPS) is 11.3. The van der Waals surface area contributed by atoms with Gasteiger partial charge in [-0.3, -0.25) is 9.69 Å². The van der Waals surface area contributed by atoms with Crippen LogP contribution >= 0.6 is 27.7 Å². The molecule has 0 atom stereocenters. The van der Waals surface area contributed by atoms with Gasteiger partial charge in [0, 0.05) is 12.3 Å². The summed E-state index contributed by atoms with van der Waals surface area (Å²) in [6, 6.07) is 4.08. The maximum Gasteiger partial charge on any atom is 0.220 e. The molecule has 0 bridgehead atoms. The Morgan fingerprint density at radius 2 is 2.36 bits per heavy atom. The molecule has 0 aliphatic heterocycles. The maximum atomic E-state index is 13.5. The van der Waals surface area contributed by atoms with Crippen LogP contribution in [0.25, 0.3) is 0 Å². The minimum absolute atomic E-state index is 0.0453. The molecule has 8 nitrogen and oxygen atoms in total. The molecule has 0 fully saturated rings. The number of nitrogens with one attached hydrogen (secondary N) is 1. The lowest BCUT2D eigenvalue weighted by Crippen LogP contribution is -2.31. The second-order valence-electron chi connectivity index (χ2n) is 4.55. The Hall–Kier alpha value is -2.14. The number of anilines is 2. The van der Waals surface area contributed by atoms with Crippen molar-refractivity contribution < 1.29 is 18.7 Å². The largest absolute Gasteiger partial charge is 0.397 e. The Morgan fingerprint density at radius 3 is 3.00 bits per heavy atom. The first kappa shape index (κ1) is 19.2. The molecule has 0 aliphatic carbocycles. The van der Waals surface area contributed by atoms with Crippen molar-refractivity contribution in [2.24, 2.45) is 5.16 Å². The van der Waals surface area contributed by atoms with Crippen molar-refractivity contribution in [3.8, 4) is 0 Å². The summed E-state index contributed by atoms with van der Waals surface area (Å²) in [6.45, 7) is 0.617. The van der Waals surface area contributed by atoms with Crippen LogP contribution in [0.2, 0.25) is 0 Å². The first-order valence-electron chi connectivity index (χ1n) is 6.98. The zero-order chi connectivity index (χ0) is 18.2. The van der Waals surface area contributed by atoms with Gasteiger partial charge in [0.25, 0.3) is 0 Å². The summed E-state index contributed by atoms with van der Waals surface area (Å²) in [7, 11) is 1.33. The highest BCUT2D eigenvalue weighted by atomic mass is 79.9. The number of thioether (sulfide) groups is 1. The van der Waals surface area contributed by atoms with Gasteiger partial charge in [0.1, 0.15) is 12.9 Å². The van der Waals surface area contributed by atoms with Crippen LogP contribution in [0, 0.1) is 5.82 Å². The van der Waals surface area contributed by atoms with E-state index in [0.29, 0.717) is 24.5 Å². The number of hydrogen-bond acceptors (Lipinski definition) is 8. The molecule has 2 aromatic rings. The fraction of sp³-hybridized carbons (Fsp3) is 0.286. The molecule has 11 heteroatoms. The van der Waals surface area contributed by atoms with Crippen LogP contribution < -0.4 is 10.2 Å². The maximum absolute atomic E-state index is 13.5. The molecule has 1 heterocycles. The fourth-order valence-corrected chi connectivity index (χ4v) is 2.55. The molecule has 0 saturated heterocycles. The van der Waals surface area contributed by atoms with Gasteiger partial charge >= 0.3 is 0 Å². The van der Waals surface area contributed by atoms with Crippen molar-refractivity contribution in [1.82, 2.24) is 10.3 Å². The number of carbonyl (C=O) groups excluding carboxylic acids is 1. The lowest BCUT2D eigenvalue weighted by Gasteiger charge is -2.18. The summed E-state index contributed by atoms with van der Waals surface area (Å²) in [4.78, 5) is 17.6. The van der Waals surface area contributed by atoms with E-state index in [-0.39, 0.29) is 16.0 Å². The topological polar surface area (TPSA) is 92.8 Å². The van der Waals surface area contributed by atoms with E-state index in [1.54, 1.807) is 11.8 Å². The molecule has 1 aromatic heterocycles. The van der Waals surface area contributed by atoms with Crippen molar-refractivity contribution in [3.05, 3.63) is 34.2 Å². The van der Waals surface area contributed by atoms with Crippen molar-refractivity contribution in [3.63, 3.8) is 0 Å². The molecule has 2 rings (SSSR count). The lowest BCUT2D eigenvalue weighted by molar-refractivity contribution is -0.106. The van der Waals surface area contributed by atoms with Gasteiger partial charge in [0.2, 0.25) is 18.1 Å². The summed E-state index contributed by atoms with van der Waals surface area (Å²) >= 11 is 4.74. The molecule has 0 aliphatic rings. The highest BCUT2D eigenvalue weighted by molar-refractivity contribution is 9.10. The van der Waals surface area contributed by atoms with E-state index in [9.17, 15) is 9.18 Å². The van der Waals surface area contributed by atoms with Crippen molar-refractivity contribution in [2.75, 3.05) is 35.9 Å². The molecule has 0 saturated carbocycles. The number of aromatic nitrogens is 2. The minimum Gasteiger partial charge on any atom is -0.397 e. The van der Waals surface area contributed by atoms with E-state index in [2.05, 4.69) is 36.7 Å². The van der Waals surface area contributed by atoms with Crippen molar-refractivity contribution in [2.45, 2.75) is 0 Å². The molecule has 1 aromatic carbocycles. The highest BCUT2D eigenvalue weighted by Crippen LogP contribution is 2.25. The summed E-state index contributed by atoms with van der Waals surface area (Å²) in [5, 5.41) is 14.5. The first-order valence-corrected chi connectivity index (χ1v) is 9.17. The highest BCUT2D eigenvalue weighted by Gasteiger charge is 2.25. The first-order chi connectivity index (χ1) is 12.1. The molecule has 1 N–H and O–H groups in total. The number of amidine groups is 1. The second-order valence-corrected chi connectivity index (χ2v) is 6.39. The van der Waals surface area contributed by atoms with Crippen LogP contribution in [0.4, 0.5) is 15.9 Å². The minimum atomic E-state index is -0.456. The molecule has 25 heavy (non-hydrogen) atoms. The van der Waals surface area contributed by atoms with E-state index >= 15 is 0 Å². The van der Waals surface area contributed by atoms with Gasteiger partial charge in [0.15, 0.2) is 5.69 Å². The molecule has 0 spiro atoms. The number of rotatable bonds is 8. The quantitative estimate of drug-likeness (QED) is 0.225. The summed E-state index contributed by atoms with van der Waals surface area (Å²) in [6.07, 6.45) is 2.49. The standard InChI is InChI=1S/C14H15BrFN5O3S/c1-23-20-14(12-13(19-24-18-12)17-5-6-25-2)21(8-22)9-3-4-11(16)10(15)7-9/h3-4,7-8H,5-6H2,1-2H3,(H,17,19)/b20-14-. The number of amides is 1. The number of carbonyl (C=O) groups is 1. The molecular weight excluding hydrogens is 417 g/mol. The number of halogens is 2. The predicted octanol–water partition coefficient (Wildman–Crippen LogP) is 2.72. The molecular formula is C14H15BrFN5O3S. The van der Waals surface area contributed by atoms with E-state index in [0.717, 1.165) is 10.7 Å². The monoisotopic (exact) mass is 431 g/mol. The van der Waals surface area contributed by atoms with Gasteiger partial charge in [-0.1, -0.05) is 5.16 Å². The number of oxime groups is 1. The van der Waals surface area contributed by atoms with Crippen LogP contribution in [0.15, 0.2) is 32.5 Å². The summed E-state index contributed by atoms with van der Waals surface area (Å²) in [5.41, 5.74) is 0.549. The fourth-order valence-electron chi connectivity index (χ4n) is 1.88. The van der Waals surface area contributed by atoms with Crippen molar-refractivity contribution >= 4 is 51.4 Å². The van der Waals surface area contributed by atoms with Gasteiger partial charge in [-0.15, -0.1) is 0 Å². The molecule has 1 amide bonds. The van der Waals surface area contributed by atoms with E-state index in [1.807, 2.05) is 6.26 Å². The number of nitrogens with zero attached hydrogens (tertiary/aromatic N) is 4. The summed E-state index contributed by atoms with van der Waals surface area (Å²) in [5.74, 6) is 0.745. The predicted molar refractivity (Wildman–Crippen MR) is 97.4 cm³/mol. The number of hydrogen-bond donors (Lipinski definition) is 1. The van der Waals surface area contributed by atoms with E-state index in [1.165, 1.54) is 25.3 Å². The molecule has 0 unspecified atom stereocenters. The molecule has 134 valence electrons. The Bertz CT molecular complexity index is 758. The SMILES string of the molecule is CO/N=C(/c1nonc1NCCSC)N(C=O)c1ccc(F)c(Br)c1. The van der Waals surface area contributed by atoms with Crippen LogP contribution in [-0.4, -0.2) is 48.2 Å². The van der Waals surface area contributed by atoms with Crippen LogP contribution in [-0.2, 0) is 9.63 Å². The third-order valence-electron chi connectivity index (χ3n) is 2.99. The van der Waals surface area contributed by atoms with Crippen molar-refractivity contribution in [1.29, 1.82) is 0 Å². The van der Waals surface area contributed by atoms with Gasteiger partial charge in [-0.05, 0) is 50.7 Å². The smallest absolute Gasteiger partial charge is 0.220 e. The van der Waals surface area contributed by atoms with Gasteiger partial charge in [-0.25, -0.2) is 9.02 Å².